The van der Waals surface area contributed by atoms with Crippen molar-refractivity contribution in [3.8, 4) is 22.4 Å². The maximum absolute atomic E-state index is 14.3. The van der Waals surface area contributed by atoms with Crippen LogP contribution in [0, 0.1) is 5.92 Å². The summed E-state index contributed by atoms with van der Waals surface area (Å²) < 4.78 is 61.3. The van der Waals surface area contributed by atoms with E-state index in [1.165, 1.54) is 11.8 Å². The van der Waals surface area contributed by atoms with Crippen molar-refractivity contribution in [1.82, 2.24) is 19.8 Å². The molecule has 4 aromatic rings. The summed E-state index contributed by atoms with van der Waals surface area (Å²) in [6.45, 7) is 4.64. The Morgan fingerprint density at radius 1 is 0.982 bits per heavy atom. The number of aromatic amines is 1. The molecule has 2 aromatic carbocycles. The lowest BCUT2D eigenvalue weighted by molar-refractivity contribution is -0.192. The molecule has 0 radical (unpaired) electrons. The van der Waals surface area contributed by atoms with E-state index < -0.39 is 27.4 Å². The van der Waals surface area contributed by atoms with Crippen molar-refractivity contribution in [2.75, 3.05) is 57.6 Å². The third kappa shape index (κ3) is 8.17. The van der Waals surface area contributed by atoms with Gasteiger partial charge in [-0.3, -0.25) is 14.5 Å². The summed E-state index contributed by atoms with van der Waals surface area (Å²) in [5.41, 5.74) is 6.82. The van der Waals surface area contributed by atoms with E-state index in [0.717, 1.165) is 77.1 Å². The maximum Gasteiger partial charge on any atom is 0.490 e. The molecule has 1 atom stereocenters. The molecule has 4 aliphatic heterocycles. The number of pyridine rings is 1. The summed E-state index contributed by atoms with van der Waals surface area (Å²) in [6.07, 6.45) is 2.29. The number of ether oxygens (including phenoxy) is 1. The Bertz CT molecular complexity index is 2250. The second-order valence-electron chi connectivity index (χ2n) is 15.6. The number of aromatic nitrogens is 2. The van der Waals surface area contributed by atoms with E-state index in [9.17, 15) is 31.2 Å². The zero-order valence-electron chi connectivity index (χ0n) is 31.8. The maximum atomic E-state index is 14.3. The van der Waals surface area contributed by atoms with Crippen molar-refractivity contribution in [3.63, 3.8) is 0 Å². The van der Waals surface area contributed by atoms with E-state index >= 15 is 0 Å². The van der Waals surface area contributed by atoms with Crippen molar-refractivity contribution < 1.29 is 45.8 Å². The molecule has 3 saturated heterocycles. The lowest BCUT2D eigenvalue weighted by Gasteiger charge is -2.31. The monoisotopic (exact) mass is 809 g/mol. The van der Waals surface area contributed by atoms with Crippen LogP contribution < -0.4 is 4.90 Å². The highest BCUT2D eigenvalue weighted by Gasteiger charge is 2.56. The van der Waals surface area contributed by atoms with Gasteiger partial charge >= 0.3 is 12.1 Å². The molecule has 8 rings (SSSR count). The van der Waals surface area contributed by atoms with Gasteiger partial charge in [0.2, 0.25) is 11.8 Å². The number of alkyl halides is 3. The highest BCUT2D eigenvalue weighted by Crippen LogP contribution is 2.53. The van der Waals surface area contributed by atoms with Gasteiger partial charge in [0.15, 0.2) is 0 Å². The highest BCUT2D eigenvalue weighted by atomic mass is 32.2. The molecule has 0 aliphatic carbocycles. The summed E-state index contributed by atoms with van der Waals surface area (Å²) >= 11 is 0. The van der Waals surface area contributed by atoms with Crippen LogP contribution in [0.4, 0.5) is 18.9 Å². The number of nitrogens with one attached hydrogen (secondary N) is 1. The topological polar surface area (TPSA) is 153 Å². The second kappa shape index (κ2) is 15.9. The first-order valence-electron chi connectivity index (χ1n) is 19.1. The first-order chi connectivity index (χ1) is 27.1. The lowest BCUT2D eigenvalue weighted by atomic mass is 9.78. The summed E-state index contributed by atoms with van der Waals surface area (Å²) in [6, 6.07) is 18.8. The minimum atomic E-state index is -5.08. The predicted octanol–water partition coefficient (Wildman–Crippen LogP) is 5.80. The van der Waals surface area contributed by atoms with Crippen molar-refractivity contribution >= 4 is 44.3 Å². The molecule has 2 amide bonds. The molecule has 304 valence electrons. The molecular formula is C41H46F3N5O7S. The van der Waals surface area contributed by atoms with Crippen LogP contribution in [-0.4, -0.2) is 115 Å². The number of aliphatic carboxylic acids is 1. The molecule has 16 heteroatoms. The number of fused-ring (bicyclic) bond motifs is 4. The fourth-order valence-electron chi connectivity index (χ4n) is 8.79. The van der Waals surface area contributed by atoms with Gasteiger partial charge in [-0.25, -0.2) is 18.2 Å². The quantitative estimate of drug-likeness (QED) is 0.236. The van der Waals surface area contributed by atoms with Gasteiger partial charge in [0.1, 0.15) is 15.5 Å². The number of rotatable bonds is 7. The number of carbonyl (C=O) groups excluding carboxylic acids is 2. The van der Waals surface area contributed by atoms with Crippen LogP contribution >= 0.6 is 0 Å². The summed E-state index contributed by atoms with van der Waals surface area (Å²) in [7, 11) is -1.18. The van der Waals surface area contributed by atoms with E-state index in [1.54, 1.807) is 4.90 Å². The smallest absolute Gasteiger partial charge is 0.475 e. The van der Waals surface area contributed by atoms with Gasteiger partial charge < -0.3 is 24.6 Å². The Balaban J connectivity index is 0.000000651. The number of anilines is 1. The molecule has 57 heavy (non-hydrogen) atoms. The van der Waals surface area contributed by atoms with Crippen molar-refractivity contribution in [2.24, 2.45) is 5.92 Å². The molecule has 2 N–H and O–H groups in total. The minimum absolute atomic E-state index is 0.0230. The third-order valence-corrected chi connectivity index (χ3v) is 13.6. The van der Waals surface area contributed by atoms with Crippen LogP contribution in [0.5, 0.6) is 0 Å². The Kier molecular flexibility index (Phi) is 11.2. The number of hydrogen-bond acceptors (Lipinski definition) is 8. The molecule has 2 aromatic heterocycles. The molecule has 1 spiro atoms. The molecule has 0 saturated carbocycles. The van der Waals surface area contributed by atoms with Crippen LogP contribution in [-0.2, 0) is 40.9 Å². The minimum Gasteiger partial charge on any atom is -0.475 e. The van der Waals surface area contributed by atoms with Crippen LogP contribution in [0.15, 0.2) is 60.8 Å². The number of likely N-dealkylation sites (N-methyl/N-ethyl adjacent to an activating group) is 1. The Labute approximate surface area is 328 Å². The molecule has 1 unspecified atom stereocenters. The van der Waals surface area contributed by atoms with E-state index in [4.69, 9.17) is 19.6 Å². The van der Waals surface area contributed by atoms with E-state index in [-0.39, 0.29) is 17.1 Å². The number of carbonyl (C=O) groups is 3. The fourth-order valence-corrected chi connectivity index (χ4v) is 9.86. The van der Waals surface area contributed by atoms with Gasteiger partial charge in [-0.15, -0.1) is 0 Å². The van der Waals surface area contributed by atoms with Gasteiger partial charge in [0.25, 0.3) is 0 Å². The molecule has 3 fully saturated rings. The van der Waals surface area contributed by atoms with Crippen molar-refractivity contribution in [3.05, 3.63) is 71.9 Å². The number of carboxylic acids is 1. The van der Waals surface area contributed by atoms with Crippen molar-refractivity contribution in [1.29, 1.82) is 0 Å². The predicted molar refractivity (Wildman–Crippen MR) is 208 cm³/mol. The zero-order chi connectivity index (χ0) is 40.7. The first-order valence-corrected chi connectivity index (χ1v) is 21.1. The van der Waals surface area contributed by atoms with Crippen LogP contribution in [0.1, 0.15) is 49.7 Å². The van der Waals surface area contributed by atoms with E-state index in [0.29, 0.717) is 57.9 Å². The number of hydrogen-bond donors (Lipinski definition) is 2. The van der Waals surface area contributed by atoms with Crippen LogP contribution in [0.3, 0.4) is 0 Å². The number of nitrogens with zero attached hydrogens (tertiary/aromatic N) is 4. The number of halogens is 3. The molecule has 12 nitrogen and oxygen atoms in total. The lowest BCUT2D eigenvalue weighted by Crippen LogP contribution is -2.42. The van der Waals surface area contributed by atoms with E-state index in [2.05, 4.69) is 46.3 Å². The summed E-state index contributed by atoms with van der Waals surface area (Å²) in [5, 5.41) is 7.83. The third-order valence-electron chi connectivity index (χ3n) is 11.9. The van der Waals surface area contributed by atoms with Gasteiger partial charge in [0.05, 0.1) is 28.2 Å². The summed E-state index contributed by atoms with van der Waals surface area (Å²) in [5.74, 6) is -2.28. The molecular weight excluding hydrogens is 764 g/mol. The summed E-state index contributed by atoms with van der Waals surface area (Å²) in [4.78, 5) is 51.3. The number of H-pyrrole nitrogens is 1. The van der Waals surface area contributed by atoms with Crippen molar-refractivity contribution in [2.45, 2.75) is 61.9 Å². The van der Waals surface area contributed by atoms with Gasteiger partial charge in [-0.05, 0) is 67.8 Å². The molecule has 0 bridgehead atoms. The zero-order valence-corrected chi connectivity index (χ0v) is 32.7. The van der Waals surface area contributed by atoms with Gasteiger partial charge in [-0.2, -0.15) is 13.2 Å². The van der Waals surface area contributed by atoms with Crippen LogP contribution in [0.2, 0.25) is 0 Å². The van der Waals surface area contributed by atoms with Crippen LogP contribution in [0.25, 0.3) is 33.4 Å². The normalized spacial score (nSPS) is 20.9. The first kappa shape index (κ1) is 40.4. The largest absolute Gasteiger partial charge is 0.490 e. The Morgan fingerprint density at radius 2 is 1.63 bits per heavy atom. The Morgan fingerprint density at radius 3 is 2.25 bits per heavy atom. The number of sulfone groups is 1. The average Bonchev–Trinajstić information content (AvgIpc) is 3.86. The fraction of sp³-hybridized carbons (Fsp3) is 0.463. The SMILES string of the molecule is CN1C(=O)C2(CCN(C(=O)CC3CCOCC3)C2)c2c1cnc1[nH]c(-c3ccc(CN4CCC(S(C)(=O)=O)CC4)cc3)c(-c3ccccc3)c21.O=C(O)C(F)(F)F. The average molecular weight is 810 g/mol. The Hall–Kier alpha value is -4.80. The second-order valence-corrected chi connectivity index (χ2v) is 17.9. The molecule has 6 heterocycles. The number of likely N-dealkylation sites (tertiary alicyclic amines) is 2. The number of benzene rings is 2. The van der Waals surface area contributed by atoms with Gasteiger partial charge in [-0.1, -0.05) is 54.6 Å². The molecule has 4 aliphatic rings. The highest BCUT2D eigenvalue weighted by molar-refractivity contribution is 7.91. The number of piperidine rings is 1. The van der Waals surface area contributed by atoms with E-state index in [1.807, 2.05) is 36.3 Å². The number of amides is 2. The standard InChI is InChI=1S/C39H45N5O5S.C2HF3O2/c1-42-31-23-40-37-34(35(31)39(38(42)46)16-19-44(25-39)32(45)22-26-14-20-49-21-15-26)33(28-6-4-3-5-7-28)36(41-37)29-10-8-27(9-11-29)24-43-17-12-30(13-18-43)50(2,47)48;3-2(4,5)1(6)7/h3-11,23,26,30H,12-22,24-25H2,1-2H3,(H,40,41);(H,6,7). The number of carboxylic acid groups (broad SMARTS) is 1. The van der Waals surface area contributed by atoms with Gasteiger partial charge in [0, 0.05) is 69.1 Å².